The molecule has 0 aliphatic carbocycles. The van der Waals surface area contributed by atoms with Crippen molar-refractivity contribution in [2.45, 2.75) is 20.3 Å². The van der Waals surface area contributed by atoms with Gasteiger partial charge in [0.2, 0.25) is 0 Å². The van der Waals surface area contributed by atoms with Crippen LogP contribution in [0.25, 0.3) is 10.9 Å². The molecule has 0 amide bonds. The van der Waals surface area contributed by atoms with Crippen molar-refractivity contribution in [2.24, 2.45) is 5.73 Å². The number of aromatic amines is 1. The molecule has 0 unspecified atom stereocenters. The number of fused-ring (bicyclic) bond motifs is 1. The molecule has 0 saturated heterocycles. The Morgan fingerprint density at radius 2 is 2.00 bits per heavy atom. The van der Waals surface area contributed by atoms with E-state index in [9.17, 15) is 0 Å². The lowest BCUT2D eigenvalue weighted by Gasteiger charge is -1.98. The van der Waals surface area contributed by atoms with Gasteiger partial charge in [0.05, 0.1) is 0 Å². The number of nitrogens with two attached hydrogens (primary N) is 1. The standard InChI is InChI=1S/C12H16N2.ClH/c1-8-3-4-12-11(7-8)10(5-6-13)9(2)14-12;/h3-4,7,14H,5-6,13H2,1-2H3;1H. The van der Waals surface area contributed by atoms with Gasteiger partial charge in [0, 0.05) is 16.6 Å². The van der Waals surface area contributed by atoms with Crippen molar-refractivity contribution in [3.05, 3.63) is 35.0 Å². The topological polar surface area (TPSA) is 41.8 Å². The molecule has 0 aliphatic rings. The number of aryl methyl sites for hydroxylation is 2. The van der Waals surface area contributed by atoms with Gasteiger partial charge in [-0.2, -0.15) is 0 Å². The molecule has 2 aromatic rings. The minimum atomic E-state index is 0. The SMILES string of the molecule is Cc1ccc2[nH]c(C)c(CCN)c2c1.Cl. The van der Waals surface area contributed by atoms with Crippen LogP contribution in [0.1, 0.15) is 16.8 Å². The van der Waals surface area contributed by atoms with Crippen LogP contribution in [0.3, 0.4) is 0 Å². The quantitative estimate of drug-likeness (QED) is 0.809. The summed E-state index contributed by atoms with van der Waals surface area (Å²) in [6.07, 6.45) is 0.954. The molecular weight excluding hydrogens is 208 g/mol. The van der Waals surface area contributed by atoms with Crippen LogP contribution in [0.2, 0.25) is 0 Å². The zero-order chi connectivity index (χ0) is 10.1. The second kappa shape index (κ2) is 4.69. The minimum Gasteiger partial charge on any atom is -0.358 e. The van der Waals surface area contributed by atoms with Crippen LogP contribution in [-0.4, -0.2) is 11.5 Å². The van der Waals surface area contributed by atoms with Gasteiger partial charge in [-0.3, -0.25) is 0 Å². The normalized spacial score (nSPS) is 10.3. The first-order valence-corrected chi connectivity index (χ1v) is 5.00. The fraction of sp³-hybridized carbons (Fsp3) is 0.333. The van der Waals surface area contributed by atoms with Crippen LogP contribution in [0.15, 0.2) is 18.2 Å². The predicted molar refractivity (Wildman–Crippen MR) is 67.8 cm³/mol. The van der Waals surface area contributed by atoms with Crippen molar-refractivity contribution in [2.75, 3.05) is 6.54 Å². The van der Waals surface area contributed by atoms with Gasteiger partial charge in [0.25, 0.3) is 0 Å². The third-order valence-corrected chi connectivity index (χ3v) is 2.67. The average Bonchev–Trinajstić information content (AvgIpc) is 2.45. The van der Waals surface area contributed by atoms with Gasteiger partial charge in [0.15, 0.2) is 0 Å². The van der Waals surface area contributed by atoms with E-state index in [-0.39, 0.29) is 12.4 Å². The van der Waals surface area contributed by atoms with E-state index in [1.807, 2.05) is 0 Å². The van der Waals surface area contributed by atoms with Gasteiger partial charge in [-0.15, -0.1) is 12.4 Å². The number of hydrogen-bond donors (Lipinski definition) is 2. The number of hydrogen-bond acceptors (Lipinski definition) is 1. The molecule has 0 atom stereocenters. The summed E-state index contributed by atoms with van der Waals surface area (Å²) in [4.78, 5) is 3.38. The molecule has 0 aliphatic heterocycles. The fourth-order valence-corrected chi connectivity index (χ4v) is 1.96. The van der Waals surface area contributed by atoms with Crippen LogP contribution in [0.5, 0.6) is 0 Å². The maximum atomic E-state index is 5.60. The van der Waals surface area contributed by atoms with E-state index < -0.39 is 0 Å². The first-order chi connectivity index (χ1) is 6.72. The Morgan fingerprint density at radius 3 is 2.67 bits per heavy atom. The molecule has 0 spiro atoms. The summed E-state index contributed by atoms with van der Waals surface area (Å²) >= 11 is 0. The zero-order valence-electron chi connectivity index (χ0n) is 9.13. The third kappa shape index (κ3) is 2.16. The highest BCUT2D eigenvalue weighted by Gasteiger charge is 2.06. The summed E-state index contributed by atoms with van der Waals surface area (Å²) in [6, 6.07) is 6.49. The smallest absolute Gasteiger partial charge is 0.0459 e. The van der Waals surface area contributed by atoms with E-state index in [0.717, 1.165) is 6.42 Å². The Labute approximate surface area is 96.3 Å². The van der Waals surface area contributed by atoms with Crippen LogP contribution >= 0.6 is 12.4 Å². The highest BCUT2D eigenvalue weighted by molar-refractivity contribution is 5.85. The minimum absolute atomic E-state index is 0. The maximum absolute atomic E-state index is 5.60. The first kappa shape index (κ1) is 12.1. The van der Waals surface area contributed by atoms with Crippen LogP contribution in [0.4, 0.5) is 0 Å². The second-order valence-corrected chi connectivity index (χ2v) is 3.82. The summed E-state index contributed by atoms with van der Waals surface area (Å²) in [6.45, 7) is 4.94. The predicted octanol–water partition coefficient (Wildman–Crippen LogP) is 2.71. The van der Waals surface area contributed by atoms with Crippen molar-refractivity contribution < 1.29 is 0 Å². The fourth-order valence-electron chi connectivity index (χ4n) is 1.96. The molecule has 0 fully saturated rings. The number of nitrogens with one attached hydrogen (secondary N) is 1. The van der Waals surface area contributed by atoms with Crippen molar-refractivity contribution in [1.82, 2.24) is 4.98 Å². The molecule has 82 valence electrons. The number of benzene rings is 1. The van der Waals surface area contributed by atoms with Crippen molar-refractivity contribution >= 4 is 23.3 Å². The number of rotatable bonds is 2. The Morgan fingerprint density at radius 1 is 1.27 bits per heavy atom. The Hall–Kier alpha value is -0.990. The Kier molecular flexibility index (Phi) is 3.77. The lowest BCUT2D eigenvalue weighted by Crippen LogP contribution is -2.03. The van der Waals surface area contributed by atoms with Crippen molar-refractivity contribution in [1.29, 1.82) is 0 Å². The molecule has 3 heteroatoms. The molecule has 1 aromatic carbocycles. The van der Waals surface area contributed by atoms with E-state index in [4.69, 9.17) is 5.73 Å². The number of H-pyrrole nitrogens is 1. The van der Waals surface area contributed by atoms with Gasteiger partial charge >= 0.3 is 0 Å². The summed E-state index contributed by atoms with van der Waals surface area (Å²) in [5.74, 6) is 0. The second-order valence-electron chi connectivity index (χ2n) is 3.82. The van der Waals surface area contributed by atoms with E-state index in [1.165, 1.54) is 27.7 Å². The van der Waals surface area contributed by atoms with Gasteiger partial charge in [-0.1, -0.05) is 11.6 Å². The number of halogens is 1. The Bertz CT molecular complexity index is 460. The van der Waals surface area contributed by atoms with Gasteiger partial charge in [0.1, 0.15) is 0 Å². The molecule has 2 rings (SSSR count). The first-order valence-electron chi connectivity index (χ1n) is 5.00. The van der Waals surface area contributed by atoms with Gasteiger partial charge in [-0.25, -0.2) is 0 Å². The third-order valence-electron chi connectivity index (χ3n) is 2.67. The molecule has 2 nitrogen and oxygen atoms in total. The zero-order valence-corrected chi connectivity index (χ0v) is 9.95. The van der Waals surface area contributed by atoms with E-state index in [1.54, 1.807) is 0 Å². The highest BCUT2D eigenvalue weighted by atomic mass is 35.5. The summed E-state index contributed by atoms with van der Waals surface area (Å²) in [5.41, 5.74) is 10.7. The van der Waals surface area contributed by atoms with E-state index in [2.05, 4.69) is 37.0 Å². The largest absolute Gasteiger partial charge is 0.358 e. The molecule has 0 saturated carbocycles. The van der Waals surface area contributed by atoms with E-state index in [0.29, 0.717) is 6.54 Å². The summed E-state index contributed by atoms with van der Waals surface area (Å²) < 4.78 is 0. The van der Waals surface area contributed by atoms with Crippen LogP contribution in [0, 0.1) is 13.8 Å². The molecule has 0 radical (unpaired) electrons. The molecule has 3 N–H and O–H groups in total. The van der Waals surface area contributed by atoms with Crippen LogP contribution < -0.4 is 5.73 Å². The van der Waals surface area contributed by atoms with Crippen molar-refractivity contribution in [3.63, 3.8) is 0 Å². The van der Waals surface area contributed by atoms with Crippen molar-refractivity contribution in [3.8, 4) is 0 Å². The molecular formula is C12H17ClN2. The summed E-state index contributed by atoms with van der Waals surface area (Å²) in [7, 11) is 0. The van der Waals surface area contributed by atoms with E-state index >= 15 is 0 Å². The monoisotopic (exact) mass is 224 g/mol. The van der Waals surface area contributed by atoms with Gasteiger partial charge < -0.3 is 10.7 Å². The molecule has 0 bridgehead atoms. The van der Waals surface area contributed by atoms with Crippen LogP contribution in [-0.2, 0) is 6.42 Å². The molecule has 1 aromatic heterocycles. The molecule has 15 heavy (non-hydrogen) atoms. The average molecular weight is 225 g/mol. The summed E-state index contributed by atoms with van der Waals surface area (Å²) in [5, 5.41) is 1.33. The Balaban J connectivity index is 0.00000112. The molecule has 1 heterocycles. The maximum Gasteiger partial charge on any atom is 0.0459 e. The lowest BCUT2D eigenvalue weighted by atomic mass is 10.1. The lowest BCUT2D eigenvalue weighted by molar-refractivity contribution is 0.963. The highest BCUT2D eigenvalue weighted by Crippen LogP contribution is 2.23. The van der Waals surface area contributed by atoms with Gasteiger partial charge in [-0.05, 0) is 44.5 Å². The number of aromatic nitrogens is 1.